The van der Waals surface area contributed by atoms with E-state index >= 15 is 0 Å². The number of nitrogen functional groups attached to an aromatic ring is 1. The maximum absolute atomic E-state index is 11.7. The Morgan fingerprint density at radius 3 is 2.79 bits per heavy atom. The molecule has 2 aromatic rings. The van der Waals surface area contributed by atoms with Crippen molar-refractivity contribution in [2.24, 2.45) is 5.84 Å². The first-order chi connectivity index (χ1) is 9.02. The lowest BCUT2D eigenvalue weighted by Gasteiger charge is -2.20. The molecule has 9 nitrogen and oxygen atoms in total. The van der Waals surface area contributed by atoms with Crippen LogP contribution in [0.15, 0.2) is 6.20 Å². The number of hydrogen-bond acceptors (Lipinski definition) is 7. The van der Waals surface area contributed by atoms with Crippen molar-refractivity contribution < 1.29 is 4.79 Å². The standard InChI is InChI=1S/C10H16N8O/c1-17(2)7(19)5-18(3)9-6-4-12-16-8(6)13-10(14-9)15-11/h4H,5,11H2,1-3H3,(H2,12,13,14,15,16). The number of nitrogens with two attached hydrogens (primary N) is 1. The summed E-state index contributed by atoms with van der Waals surface area (Å²) >= 11 is 0. The Morgan fingerprint density at radius 1 is 1.42 bits per heavy atom. The van der Waals surface area contributed by atoms with Crippen molar-refractivity contribution in [3.05, 3.63) is 6.20 Å². The topological polar surface area (TPSA) is 116 Å². The summed E-state index contributed by atoms with van der Waals surface area (Å²) in [6, 6.07) is 0. The Morgan fingerprint density at radius 2 is 2.16 bits per heavy atom. The van der Waals surface area contributed by atoms with E-state index in [1.165, 1.54) is 4.90 Å². The Bertz CT molecular complexity index is 592. The number of nitrogens with zero attached hydrogens (tertiary/aromatic N) is 5. The van der Waals surface area contributed by atoms with Gasteiger partial charge in [-0.2, -0.15) is 15.1 Å². The maximum atomic E-state index is 11.7. The summed E-state index contributed by atoms with van der Waals surface area (Å²) in [6.07, 6.45) is 1.61. The second-order valence-corrected chi connectivity index (χ2v) is 4.29. The number of anilines is 2. The third-order valence-electron chi connectivity index (χ3n) is 2.65. The molecule has 0 atom stereocenters. The smallest absolute Gasteiger partial charge is 0.241 e. The summed E-state index contributed by atoms with van der Waals surface area (Å²) in [5, 5.41) is 7.39. The van der Waals surface area contributed by atoms with Gasteiger partial charge in [0, 0.05) is 21.1 Å². The summed E-state index contributed by atoms with van der Waals surface area (Å²) < 4.78 is 0. The number of fused-ring (bicyclic) bond motifs is 1. The van der Waals surface area contributed by atoms with Gasteiger partial charge in [-0.3, -0.25) is 15.3 Å². The summed E-state index contributed by atoms with van der Waals surface area (Å²) in [5.41, 5.74) is 2.95. The fourth-order valence-electron chi connectivity index (χ4n) is 1.59. The Labute approximate surface area is 109 Å². The van der Waals surface area contributed by atoms with Crippen molar-refractivity contribution in [1.29, 1.82) is 0 Å². The minimum Gasteiger partial charge on any atom is -0.350 e. The molecule has 0 saturated heterocycles. The molecule has 0 aliphatic carbocycles. The predicted octanol–water partition coefficient (Wildman–Crippen LogP) is -0.837. The molecule has 2 aromatic heterocycles. The van der Waals surface area contributed by atoms with Crippen molar-refractivity contribution in [2.75, 3.05) is 38.0 Å². The van der Waals surface area contributed by atoms with Crippen LogP contribution in [0.25, 0.3) is 11.0 Å². The van der Waals surface area contributed by atoms with Crippen LogP contribution in [0, 0.1) is 0 Å². The first-order valence-electron chi connectivity index (χ1n) is 5.62. The molecule has 2 heterocycles. The lowest BCUT2D eigenvalue weighted by atomic mass is 10.3. The molecule has 9 heteroatoms. The van der Waals surface area contributed by atoms with Crippen molar-refractivity contribution in [1.82, 2.24) is 25.1 Å². The molecule has 0 radical (unpaired) electrons. The molecular weight excluding hydrogens is 248 g/mol. The maximum Gasteiger partial charge on any atom is 0.241 e. The lowest BCUT2D eigenvalue weighted by molar-refractivity contribution is -0.127. The predicted molar refractivity (Wildman–Crippen MR) is 71.5 cm³/mol. The summed E-state index contributed by atoms with van der Waals surface area (Å²) in [5.74, 6) is 6.14. The van der Waals surface area contributed by atoms with Gasteiger partial charge in [0.15, 0.2) is 5.65 Å². The first kappa shape index (κ1) is 13.0. The van der Waals surface area contributed by atoms with Crippen LogP contribution in [0.1, 0.15) is 0 Å². The summed E-state index contributed by atoms with van der Waals surface area (Å²) in [7, 11) is 5.18. The minimum atomic E-state index is -0.0278. The fourth-order valence-corrected chi connectivity index (χ4v) is 1.59. The van der Waals surface area contributed by atoms with Crippen molar-refractivity contribution in [3.63, 3.8) is 0 Å². The molecule has 0 saturated carbocycles. The molecule has 0 aliphatic heterocycles. The van der Waals surface area contributed by atoms with Gasteiger partial charge >= 0.3 is 0 Å². The Kier molecular flexibility index (Phi) is 3.47. The Balaban J connectivity index is 2.37. The molecular formula is C10H16N8O. The molecule has 0 bridgehead atoms. The fraction of sp³-hybridized carbons (Fsp3) is 0.400. The van der Waals surface area contributed by atoms with Crippen LogP contribution in [0.2, 0.25) is 0 Å². The van der Waals surface area contributed by atoms with Gasteiger partial charge < -0.3 is 9.80 Å². The lowest BCUT2D eigenvalue weighted by Crippen LogP contribution is -2.35. The molecule has 1 amide bonds. The molecule has 2 rings (SSSR count). The van der Waals surface area contributed by atoms with E-state index < -0.39 is 0 Å². The SMILES string of the molecule is CN(C)C(=O)CN(C)c1nc(NN)nc2[nH]ncc12. The van der Waals surface area contributed by atoms with Gasteiger partial charge in [-0.25, -0.2) is 5.84 Å². The largest absolute Gasteiger partial charge is 0.350 e. The minimum absolute atomic E-state index is 0.0278. The number of H-pyrrole nitrogens is 1. The second-order valence-electron chi connectivity index (χ2n) is 4.29. The van der Waals surface area contributed by atoms with Gasteiger partial charge in [0.2, 0.25) is 11.9 Å². The summed E-state index contributed by atoms with van der Waals surface area (Å²) in [4.78, 5) is 23.4. The molecule has 4 N–H and O–H groups in total. The van der Waals surface area contributed by atoms with Crippen LogP contribution in [-0.4, -0.2) is 58.7 Å². The van der Waals surface area contributed by atoms with E-state index in [-0.39, 0.29) is 18.4 Å². The monoisotopic (exact) mass is 264 g/mol. The number of nitrogens with one attached hydrogen (secondary N) is 2. The van der Waals surface area contributed by atoms with Crippen molar-refractivity contribution in [3.8, 4) is 0 Å². The van der Waals surface area contributed by atoms with Gasteiger partial charge in [0.05, 0.1) is 18.1 Å². The van der Waals surface area contributed by atoms with E-state index in [9.17, 15) is 4.79 Å². The highest BCUT2D eigenvalue weighted by atomic mass is 16.2. The van der Waals surface area contributed by atoms with Crippen molar-refractivity contribution >= 4 is 28.7 Å². The van der Waals surface area contributed by atoms with Gasteiger partial charge in [0.25, 0.3) is 0 Å². The average molecular weight is 264 g/mol. The van der Waals surface area contributed by atoms with Gasteiger partial charge in [-0.15, -0.1) is 0 Å². The number of amides is 1. The zero-order valence-electron chi connectivity index (χ0n) is 11.0. The average Bonchev–Trinajstić information content (AvgIpc) is 2.84. The number of likely N-dealkylation sites (N-methyl/N-ethyl adjacent to an activating group) is 2. The molecule has 0 aromatic carbocycles. The second kappa shape index (κ2) is 5.06. The van der Waals surface area contributed by atoms with Crippen LogP contribution in [0.3, 0.4) is 0 Å². The van der Waals surface area contributed by atoms with E-state index in [1.54, 1.807) is 32.2 Å². The van der Waals surface area contributed by atoms with Crippen LogP contribution in [-0.2, 0) is 4.79 Å². The number of carbonyl (C=O) groups excluding carboxylic acids is 1. The number of rotatable bonds is 4. The van der Waals surface area contributed by atoms with Crippen LogP contribution in [0.4, 0.5) is 11.8 Å². The van der Waals surface area contributed by atoms with Crippen LogP contribution in [0.5, 0.6) is 0 Å². The quantitative estimate of drug-likeness (QED) is 0.487. The summed E-state index contributed by atoms with van der Waals surface area (Å²) in [6.45, 7) is 0.203. The number of carbonyl (C=O) groups is 1. The van der Waals surface area contributed by atoms with Crippen LogP contribution >= 0.6 is 0 Å². The molecule has 102 valence electrons. The molecule has 0 fully saturated rings. The number of hydrogen-bond donors (Lipinski definition) is 3. The van der Waals surface area contributed by atoms with Crippen molar-refractivity contribution in [2.45, 2.75) is 0 Å². The highest BCUT2D eigenvalue weighted by Gasteiger charge is 2.16. The highest BCUT2D eigenvalue weighted by molar-refractivity contribution is 5.90. The van der Waals surface area contributed by atoms with Gasteiger partial charge in [-0.1, -0.05) is 0 Å². The molecule has 19 heavy (non-hydrogen) atoms. The molecule has 0 aliphatic rings. The van der Waals surface area contributed by atoms with Gasteiger partial charge in [0.1, 0.15) is 5.82 Å². The highest BCUT2D eigenvalue weighted by Crippen LogP contribution is 2.22. The zero-order chi connectivity index (χ0) is 14.0. The van der Waals surface area contributed by atoms with E-state index in [2.05, 4.69) is 25.6 Å². The number of hydrazine groups is 1. The van der Waals surface area contributed by atoms with Gasteiger partial charge in [-0.05, 0) is 0 Å². The normalized spacial score (nSPS) is 10.5. The number of aromatic nitrogens is 4. The van der Waals surface area contributed by atoms with Crippen LogP contribution < -0.4 is 16.2 Å². The number of aromatic amines is 1. The third-order valence-corrected chi connectivity index (χ3v) is 2.65. The van der Waals surface area contributed by atoms with E-state index in [1.807, 2.05) is 0 Å². The van der Waals surface area contributed by atoms with E-state index in [0.29, 0.717) is 11.5 Å². The first-order valence-corrected chi connectivity index (χ1v) is 5.62. The molecule has 0 unspecified atom stereocenters. The zero-order valence-corrected chi connectivity index (χ0v) is 11.0. The molecule has 0 spiro atoms. The third kappa shape index (κ3) is 2.55. The van der Waals surface area contributed by atoms with E-state index in [4.69, 9.17) is 5.84 Å². The Hall–Kier alpha value is -2.42. The van der Waals surface area contributed by atoms with E-state index in [0.717, 1.165) is 5.39 Å².